The molecule has 2 aromatic carbocycles. The molecule has 1 amide bonds. The van der Waals surface area contributed by atoms with Crippen molar-refractivity contribution in [1.29, 1.82) is 0 Å². The lowest BCUT2D eigenvalue weighted by Gasteiger charge is -2.12. The minimum atomic E-state index is -0.572. The molecule has 0 aliphatic heterocycles. The number of carbonyl (C=O) groups is 1. The summed E-state index contributed by atoms with van der Waals surface area (Å²) >= 11 is 11.9. The SMILES string of the molecule is NCCCOc1ccc(Cl)cc1C(=O)Nc1ccc([N+](=O)[O-])cc1Cl. The molecule has 2 aromatic rings. The Morgan fingerprint density at radius 2 is 2.00 bits per heavy atom. The van der Waals surface area contributed by atoms with E-state index in [4.69, 9.17) is 33.7 Å². The number of ether oxygens (including phenoxy) is 1. The van der Waals surface area contributed by atoms with E-state index in [1.807, 2.05) is 0 Å². The topological polar surface area (TPSA) is 107 Å². The van der Waals surface area contributed by atoms with Crippen LogP contribution in [0.1, 0.15) is 16.8 Å². The highest BCUT2D eigenvalue weighted by atomic mass is 35.5. The Morgan fingerprint density at radius 1 is 1.24 bits per heavy atom. The summed E-state index contributed by atoms with van der Waals surface area (Å²) in [5.41, 5.74) is 5.72. The number of halogens is 2. The number of rotatable bonds is 7. The van der Waals surface area contributed by atoms with Gasteiger partial charge in [-0.2, -0.15) is 0 Å². The number of nitrogens with one attached hydrogen (secondary N) is 1. The number of nitrogens with two attached hydrogens (primary N) is 1. The van der Waals surface area contributed by atoms with Gasteiger partial charge in [-0.15, -0.1) is 0 Å². The summed E-state index contributed by atoms with van der Waals surface area (Å²) in [5, 5.41) is 13.7. The third-order valence-corrected chi connectivity index (χ3v) is 3.75. The minimum absolute atomic E-state index is 0.0511. The molecule has 0 bridgehead atoms. The molecule has 0 fully saturated rings. The van der Waals surface area contributed by atoms with Crippen LogP contribution in [0.4, 0.5) is 11.4 Å². The maximum Gasteiger partial charge on any atom is 0.271 e. The van der Waals surface area contributed by atoms with Crippen molar-refractivity contribution in [2.45, 2.75) is 6.42 Å². The maximum atomic E-state index is 12.5. The van der Waals surface area contributed by atoms with E-state index in [2.05, 4.69) is 5.32 Å². The zero-order valence-corrected chi connectivity index (χ0v) is 14.5. The van der Waals surface area contributed by atoms with Crippen molar-refractivity contribution >= 4 is 40.5 Å². The minimum Gasteiger partial charge on any atom is -0.493 e. The predicted octanol–water partition coefficient (Wildman–Crippen LogP) is 3.88. The first kappa shape index (κ1) is 19.0. The molecule has 25 heavy (non-hydrogen) atoms. The number of nitro groups is 1. The second-order valence-corrected chi connectivity index (χ2v) is 5.85. The monoisotopic (exact) mass is 383 g/mol. The summed E-state index contributed by atoms with van der Waals surface area (Å²) in [6.45, 7) is 0.824. The summed E-state index contributed by atoms with van der Waals surface area (Å²) < 4.78 is 5.55. The van der Waals surface area contributed by atoms with Crippen molar-refractivity contribution in [2.24, 2.45) is 5.73 Å². The van der Waals surface area contributed by atoms with Crippen LogP contribution in [0.25, 0.3) is 0 Å². The molecule has 132 valence electrons. The van der Waals surface area contributed by atoms with E-state index in [1.54, 1.807) is 12.1 Å². The third kappa shape index (κ3) is 5.06. The molecule has 3 N–H and O–H groups in total. The Morgan fingerprint density at radius 3 is 2.64 bits per heavy atom. The highest BCUT2D eigenvalue weighted by molar-refractivity contribution is 6.34. The molecule has 9 heteroatoms. The van der Waals surface area contributed by atoms with E-state index in [1.165, 1.54) is 18.2 Å². The highest BCUT2D eigenvalue weighted by Gasteiger charge is 2.16. The van der Waals surface area contributed by atoms with Gasteiger partial charge in [-0.1, -0.05) is 23.2 Å². The van der Waals surface area contributed by atoms with Crippen molar-refractivity contribution < 1.29 is 14.5 Å². The van der Waals surface area contributed by atoms with Crippen LogP contribution in [-0.4, -0.2) is 24.0 Å². The lowest BCUT2D eigenvalue weighted by molar-refractivity contribution is -0.384. The first-order valence-corrected chi connectivity index (χ1v) is 8.05. The smallest absolute Gasteiger partial charge is 0.271 e. The fraction of sp³-hybridized carbons (Fsp3) is 0.188. The first-order valence-electron chi connectivity index (χ1n) is 7.30. The van der Waals surface area contributed by atoms with Crippen LogP contribution >= 0.6 is 23.2 Å². The molecular formula is C16H15Cl2N3O4. The molecule has 0 saturated carbocycles. The first-order chi connectivity index (χ1) is 11.9. The van der Waals surface area contributed by atoms with Crippen molar-refractivity contribution in [3.8, 4) is 5.75 Å². The lowest BCUT2D eigenvalue weighted by Crippen LogP contribution is -2.15. The Bertz CT molecular complexity index is 799. The molecular weight excluding hydrogens is 369 g/mol. The van der Waals surface area contributed by atoms with E-state index in [9.17, 15) is 14.9 Å². The molecule has 0 aliphatic rings. The van der Waals surface area contributed by atoms with E-state index in [0.29, 0.717) is 30.3 Å². The molecule has 0 spiro atoms. The normalized spacial score (nSPS) is 10.4. The Hall–Kier alpha value is -2.35. The van der Waals surface area contributed by atoms with Gasteiger partial charge in [-0.25, -0.2) is 0 Å². The number of non-ortho nitro benzene ring substituents is 1. The molecule has 0 aromatic heterocycles. The van der Waals surface area contributed by atoms with Gasteiger partial charge < -0.3 is 15.8 Å². The van der Waals surface area contributed by atoms with Crippen LogP contribution in [0.5, 0.6) is 5.75 Å². The predicted molar refractivity (Wildman–Crippen MR) is 96.7 cm³/mol. The van der Waals surface area contributed by atoms with Crippen molar-refractivity contribution in [3.63, 3.8) is 0 Å². The summed E-state index contributed by atoms with van der Waals surface area (Å²) in [4.78, 5) is 22.7. The van der Waals surface area contributed by atoms with Gasteiger partial charge in [-0.05, 0) is 37.2 Å². The number of benzene rings is 2. The number of hydrogen-bond donors (Lipinski definition) is 2. The summed E-state index contributed by atoms with van der Waals surface area (Å²) in [5.74, 6) is -0.144. The van der Waals surface area contributed by atoms with Crippen LogP contribution in [0.2, 0.25) is 10.0 Å². The quantitative estimate of drug-likeness (QED) is 0.428. The van der Waals surface area contributed by atoms with Crippen molar-refractivity contribution in [1.82, 2.24) is 0 Å². The van der Waals surface area contributed by atoms with E-state index < -0.39 is 10.8 Å². The molecule has 0 radical (unpaired) electrons. The molecule has 7 nitrogen and oxygen atoms in total. The molecule has 0 atom stereocenters. The second kappa shape index (κ2) is 8.66. The van der Waals surface area contributed by atoms with Gasteiger partial charge in [0.2, 0.25) is 0 Å². The number of hydrogen-bond acceptors (Lipinski definition) is 5. The van der Waals surface area contributed by atoms with E-state index >= 15 is 0 Å². The van der Waals surface area contributed by atoms with Gasteiger partial charge in [0.1, 0.15) is 5.75 Å². The van der Waals surface area contributed by atoms with Crippen molar-refractivity contribution in [2.75, 3.05) is 18.5 Å². The summed E-state index contributed by atoms with van der Waals surface area (Å²) in [6.07, 6.45) is 0.637. The van der Waals surface area contributed by atoms with Crippen LogP contribution in [0, 0.1) is 10.1 Å². The summed E-state index contributed by atoms with van der Waals surface area (Å²) in [7, 11) is 0. The van der Waals surface area contributed by atoms with Gasteiger partial charge in [0.05, 0.1) is 27.8 Å². The average molecular weight is 384 g/mol. The molecule has 0 heterocycles. The molecule has 0 saturated heterocycles. The number of nitro benzene ring substituents is 1. The maximum absolute atomic E-state index is 12.5. The third-order valence-electron chi connectivity index (χ3n) is 3.20. The van der Waals surface area contributed by atoms with Crippen LogP contribution in [0.15, 0.2) is 36.4 Å². The van der Waals surface area contributed by atoms with Gasteiger partial charge in [-0.3, -0.25) is 14.9 Å². The zero-order chi connectivity index (χ0) is 18.4. The van der Waals surface area contributed by atoms with Gasteiger partial charge in [0, 0.05) is 17.2 Å². The molecule has 0 unspecified atom stereocenters. The van der Waals surface area contributed by atoms with Crippen molar-refractivity contribution in [3.05, 3.63) is 62.1 Å². The zero-order valence-electron chi connectivity index (χ0n) is 13.0. The average Bonchev–Trinajstić information content (AvgIpc) is 2.57. The second-order valence-electron chi connectivity index (χ2n) is 5.01. The van der Waals surface area contributed by atoms with Gasteiger partial charge >= 0.3 is 0 Å². The Balaban J connectivity index is 2.23. The Kier molecular flexibility index (Phi) is 6.58. The molecule has 0 aliphatic carbocycles. The number of anilines is 1. The fourth-order valence-corrected chi connectivity index (χ4v) is 2.37. The largest absolute Gasteiger partial charge is 0.493 e. The fourth-order valence-electron chi connectivity index (χ4n) is 1.98. The standard InChI is InChI=1S/C16H15Cl2N3O4/c17-10-2-5-15(25-7-1-6-19)12(8-10)16(22)20-14-4-3-11(21(23)24)9-13(14)18/h2-5,8-9H,1,6-7,19H2,(H,20,22). The van der Waals surface area contributed by atoms with Crippen LogP contribution in [0.3, 0.4) is 0 Å². The Labute approximate surface area is 153 Å². The van der Waals surface area contributed by atoms with Crippen LogP contribution in [-0.2, 0) is 0 Å². The number of nitrogens with zero attached hydrogens (tertiary/aromatic N) is 1. The van der Waals surface area contributed by atoms with E-state index in [-0.39, 0.29) is 22.0 Å². The molecule has 2 rings (SSSR count). The van der Waals surface area contributed by atoms with Gasteiger partial charge in [0.15, 0.2) is 0 Å². The number of amides is 1. The summed E-state index contributed by atoms with van der Waals surface area (Å²) in [6, 6.07) is 8.43. The lowest BCUT2D eigenvalue weighted by atomic mass is 10.1. The van der Waals surface area contributed by atoms with Crippen LogP contribution < -0.4 is 15.8 Å². The van der Waals surface area contributed by atoms with E-state index in [0.717, 1.165) is 6.07 Å². The highest BCUT2D eigenvalue weighted by Crippen LogP contribution is 2.29. The van der Waals surface area contributed by atoms with Gasteiger partial charge in [0.25, 0.3) is 11.6 Å². The number of carbonyl (C=O) groups excluding carboxylic acids is 1.